The summed E-state index contributed by atoms with van der Waals surface area (Å²) < 4.78 is 16.0. The largest absolute Gasteiger partial charge is 0.496 e. The van der Waals surface area contributed by atoms with E-state index in [-0.39, 0.29) is 6.61 Å². The number of ether oxygens (including phenoxy) is 2. The molecule has 1 saturated carbocycles. The fourth-order valence-electron chi connectivity index (χ4n) is 3.58. The summed E-state index contributed by atoms with van der Waals surface area (Å²) in [7, 11) is 1.60. The van der Waals surface area contributed by atoms with Crippen molar-refractivity contribution in [1.82, 2.24) is 5.16 Å². The summed E-state index contributed by atoms with van der Waals surface area (Å²) in [5.41, 5.74) is 2.49. The molecule has 0 bridgehead atoms. The minimum Gasteiger partial charge on any atom is -0.496 e. The van der Waals surface area contributed by atoms with Gasteiger partial charge in [-0.3, -0.25) is 0 Å². The molecule has 1 aliphatic rings. The molecule has 4 rings (SSSR count). The van der Waals surface area contributed by atoms with Crippen molar-refractivity contribution in [3.8, 4) is 28.8 Å². The summed E-state index contributed by atoms with van der Waals surface area (Å²) in [5, 5.41) is 4.48. The monoisotopic (exact) mass is 435 g/mol. The van der Waals surface area contributed by atoms with Crippen LogP contribution in [0.15, 0.2) is 53.1 Å². The number of hydrogen-bond acceptors (Lipinski definition) is 5. The van der Waals surface area contributed by atoms with E-state index >= 15 is 0 Å². The number of methoxy groups -OCH3 is 1. The van der Waals surface area contributed by atoms with E-state index in [4.69, 9.17) is 25.6 Å². The van der Waals surface area contributed by atoms with Gasteiger partial charge >= 0.3 is 5.97 Å². The second kappa shape index (κ2) is 9.72. The summed E-state index contributed by atoms with van der Waals surface area (Å²) in [6.45, 7) is -0.0398. The Labute approximate surface area is 186 Å². The molecule has 0 atom stereocenters. The van der Waals surface area contributed by atoms with Gasteiger partial charge in [-0.15, -0.1) is 0 Å². The fourth-order valence-corrected chi connectivity index (χ4v) is 3.81. The van der Waals surface area contributed by atoms with Crippen LogP contribution in [0.4, 0.5) is 0 Å². The van der Waals surface area contributed by atoms with Gasteiger partial charge in [0.2, 0.25) is 0 Å². The van der Waals surface area contributed by atoms with E-state index < -0.39 is 5.97 Å². The van der Waals surface area contributed by atoms with Crippen molar-refractivity contribution < 1.29 is 18.8 Å². The van der Waals surface area contributed by atoms with Crippen molar-refractivity contribution in [3.05, 3.63) is 70.4 Å². The third-order valence-corrected chi connectivity index (χ3v) is 5.57. The van der Waals surface area contributed by atoms with Gasteiger partial charge in [0.25, 0.3) is 0 Å². The number of benzene rings is 2. The van der Waals surface area contributed by atoms with E-state index in [2.05, 4.69) is 17.0 Å². The first kappa shape index (κ1) is 21.0. The van der Waals surface area contributed by atoms with Crippen molar-refractivity contribution in [2.45, 2.75) is 32.3 Å². The van der Waals surface area contributed by atoms with Crippen LogP contribution in [-0.4, -0.2) is 18.2 Å². The maximum Gasteiger partial charge on any atom is 0.338 e. The molecule has 6 heteroatoms. The van der Waals surface area contributed by atoms with Crippen LogP contribution in [0.1, 0.15) is 47.4 Å². The molecule has 0 unspecified atom stereocenters. The molecular formula is C25H22ClNO4. The van der Waals surface area contributed by atoms with Crippen LogP contribution < -0.4 is 4.74 Å². The van der Waals surface area contributed by atoms with Crippen LogP contribution in [-0.2, 0) is 11.3 Å². The molecule has 0 amide bonds. The van der Waals surface area contributed by atoms with Crippen molar-refractivity contribution in [1.29, 1.82) is 0 Å². The number of carbonyl (C=O) groups is 1. The summed E-state index contributed by atoms with van der Waals surface area (Å²) in [5.74, 6) is 7.49. The Kier molecular flexibility index (Phi) is 6.59. The molecule has 0 aliphatic heterocycles. The molecule has 158 valence electrons. The fraction of sp³-hybridized carbons (Fsp3) is 0.280. The molecule has 1 fully saturated rings. The van der Waals surface area contributed by atoms with E-state index in [0.29, 0.717) is 33.7 Å². The molecule has 1 heterocycles. The van der Waals surface area contributed by atoms with Gasteiger partial charge in [-0.2, -0.15) is 0 Å². The normalized spacial score (nSPS) is 13.5. The SMILES string of the molecule is COc1ccccc1-c1cc(COC(=O)c2ccc(C#CC3CCCC3)c(Cl)c2)on1. The Hall–Kier alpha value is -3.23. The minimum atomic E-state index is -0.493. The van der Waals surface area contributed by atoms with Crippen LogP contribution in [0, 0.1) is 17.8 Å². The Bertz CT molecular complexity index is 1140. The summed E-state index contributed by atoms with van der Waals surface area (Å²) in [4.78, 5) is 12.4. The topological polar surface area (TPSA) is 61.6 Å². The molecule has 1 aliphatic carbocycles. The van der Waals surface area contributed by atoms with Gasteiger partial charge < -0.3 is 14.0 Å². The van der Waals surface area contributed by atoms with Crippen molar-refractivity contribution in [2.24, 2.45) is 5.92 Å². The smallest absolute Gasteiger partial charge is 0.338 e. The highest BCUT2D eigenvalue weighted by molar-refractivity contribution is 6.32. The first-order chi connectivity index (χ1) is 15.1. The molecular weight excluding hydrogens is 414 g/mol. The standard InChI is InChI=1S/C25H22ClNO4/c1-29-24-9-5-4-8-21(24)23-15-20(31-27-23)16-30-25(28)19-13-12-18(22(26)14-19)11-10-17-6-2-3-7-17/h4-5,8-9,12-15,17H,2-3,6-7,16H2,1H3. The van der Waals surface area contributed by atoms with Crippen LogP contribution in [0.2, 0.25) is 5.02 Å². The highest BCUT2D eigenvalue weighted by Crippen LogP contribution is 2.29. The first-order valence-electron chi connectivity index (χ1n) is 10.2. The van der Waals surface area contributed by atoms with Gasteiger partial charge in [-0.25, -0.2) is 4.79 Å². The lowest BCUT2D eigenvalue weighted by Crippen LogP contribution is -2.05. The third-order valence-electron chi connectivity index (χ3n) is 5.26. The van der Waals surface area contributed by atoms with E-state index in [9.17, 15) is 4.79 Å². The molecule has 5 nitrogen and oxygen atoms in total. The second-order valence-electron chi connectivity index (χ2n) is 7.40. The number of halogens is 1. The molecule has 3 aromatic rings. The molecule has 0 spiro atoms. The lowest BCUT2D eigenvalue weighted by molar-refractivity contribution is 0.0437. The van der Waals surface area contributed by atoms with Crippen LogP contribution >= 0.6 is 11.6 Å². The van der Waals surface area contributed by atoms with Gasteiger partial charge in [0.15, 0.2) is 12.4 Å². The zero-order valence-electron chi connectivity index (χ0n) is 17.2. The zero-order chi connectivity index (χ0) is 21.6. The van der Waals surface area contributed by atoms with Crippen molar-refractivity contribution in [2.75, 3.05) is 7.11 Å². The quantitative estimate of drug-likeness (QED) is 0.368. The number of para-hydroxylation sites is 1. The molecule has 2 aromatic carbocycles. The second-order valence-corrected chi connectivity index (χ2v) is 7.81. The number of aromatic nitrogens is 1. The van der Waals surface area contributed by atoms with E-state index in [1.54, 1.807) is 31.4 Å². The minimum absolute atomic E-state index is 0.0398. The molecule has 0 radical (unpaired) electrons. The molecule has 31 heavy (non-hydrogen) atoms. The summed E-state index contributed by atoms with van der Waals surface area (Å²) in [6, 6.07) is 14.2. The highest BCUT2D eigenvalue weighted by Gasteiger charge is 2.15. The molecule has 0 saturated heterocycles. The van der Waals surface area contributed by atoms with Gasteiger partial charge in [-0.1, -0.05) is 53.6 Å². The Balaban J connectivity index is 1.39. The predicted molar refractivity (Wildman–Crippen MR) is 118 cm³/mol. The number of carbonyl (C=O) groups excluding carboxylic acids is 1. The lowest BCUT2D eigenvalue weighted by atomic mass is 10.1. The van der Waals surface area contributed by atoms with E-state index in [1.165, 1.54) is 12.8 Å². The summed E-state index contributed by atoms with van der Waals surface area (Å²) in [6.07, 6.45) is 4.78. The third kappa shape index (κ3) is 5.10. The average molecular weight is 436 g/mol. The van der Waals surface area contributed by atoms with Crippen LogP contribution in [0.5, 0.6) is 5.75 Å². The number of nitrogens with zero attached hydrogens (tertiary/aromatic N) is 1. The number of esters is 1. The van der Waals surface area contributed by atoms with Crippen molar-refractivity contribution in [3.63, 3.8) is 0 Å². The van der Waals surface area contributed by atoms with Gasteiger partial charge in [0.05, 0.1) is 17.7 Å². The van der Waals surface area contributed by atoms with Crippen LogP contribution in [0.25, 0.3) is 11.3 Å². The van der Waals surface area contributed by atoms with E-state index in [1.807, 2.05) is 24.3 Å². The molecule has 0 N–H and O–H groups in total. The Morgan fingerprint density at radius 2 is 2.00 bits per heavy atom. The van der Waals surface area contributed by atoms with Gasteiger partial charge in [-0.05, 0) is 43.2 Å². The first-order valence-corrected chi connectivity index (χ1v) is 10.6. The number of rotatable bonds is 5. The lowest BCUT2D eigenvalue weighted by Gasteiger charge is -2.04. The number of hydrogen-bond donors (Lipinski definition) is 0. The Morgan fingerprint density at radius 3 is 2.77 bits per heavy atom. The maximum absolute atomic E-state index is 12.4. The molecule has 1 aromatic heterocycles. The highest BCUT2D eigenvalue weighted by atomic mass is 35.5. The Morgan fingerprint density at radius 1 is 1.19 bits per heavy atom. The van der Waals surface area contributed by atoms with Crippen LogP contribution in [0.3, 0.4) is 0 Å². The van der Waals surface area contributed by atoms with Crippen molar-refractivity contribution >= 4 is 17.6 Å². The average Bonchev–Trinajstić information content (AvgIpc) is 3.48. The maximum atomic E-state index is 12.4. The van der Waals surface area contributed by atoms with Gasteiger partial charge in [0, 0.05) is 23.1 Å². The van der Waals surface area contributed by atoms with E-state index in [0.717, 1.165) is 24.0 Å². The summed E-state index contributed by atoms with van der Waals surface area (Å²) >= 11 is 6.33. The predicted octanol–water partition coefficient (Wildman–Crippen LogP) is 5.90. The van der Waals surface area contributed by atoms with Gasteiger partial charge in [0.1, 0.15) is 11.4 Å². The zero-order valence-corrected chi connectivity index (χ0v) is 17.9.